The first-order valence-electron chi connectivity index (χ1n) is 3.67. The molecular weight excluding hydrogens is 297 g/mol. The molecule has 1 aromatic rings. The van der Waals surface area contributed by atoms with Crippen LogP contribution >= 0.6 is 0 Å². The Hall–Kier alpha value is -1.18. The van der Waals surface area contributed by atoms with E-state index in [-0.39, 0.29) is 30.5 Å². The first-order chi connectivity index (χ1) is 6.22. The number of oxime groups is 1. The van der Waals surface area contributed by atoms with Gasteiger partial charge in [0.2, 0.25) is 6.54 Å². The fourth-order valence-corrected chi connectivity index (χ4v) is 0.964. The van der Waals surface area contributed by atoms with Gasteiger partial charge >= 0.3 is 0 Å². The smallest absolute Gasteiger partial charge is 0.283 e. The number of primary amides is 1. The predicted octanol–water partition coefficient (Wildman–Crippen LogP) is -3.73. The number of hydrogen-bond donors (Lipinski definition) is 2. The Bertz CT molecular complexity index is 341. The van der Waals surface area contributed by atoms with Gasteiger partial charge in [-0.25, -0.2) is 0 Å². The number of halogens is 1. The SMILES string of the molecule is NC(=O)C[n+]1cccc(/C=N/O)c1.[I-]. The fraction of sp³-hybridized carbons (Fsp3) is 0.125. The van der Waals surface area contributed by atoms with Crippen molar-refractivity contribution in [2.45, 2.75) is 6.54 Å². The normalized spacial score (nSPS) is 9.71. The van der Waals surface area contributed by atoms with Gasteiger partial charge in [0.25, 0.3) is 5.91 Å². The summed E-state index contributed by atoms with van der Waals surface area (Å²) in [5.74, 6) is -0.414. The van der Waals surface area contributed by atoms with Gasteiger partial charge in [-0.2, -0.15) is 4.57 Å². The molecule has 6 heteroatoms. The highest BCUT2D eigenvalue weighted by atomic mass is 127. The summed E-state index contributed by atoms with van der Waals surface area (Å²) in [6, 6.07) is 3.48. The monoisotopic (exact) mass is 307 g/mol. The van der Waals surface area contributed by atoms with Crippen molar-refractivity contribution >= 4 is 12.1 Å². The maximum absolute atomic E-state index is 10.6. The Morgan fingerprint density at radius 2 is 2.43 bits per heavy atom. The van der Waals surface area contributed by atoms with E-state index in [4.69, 9.17) is 10.9 Å². The molecule has 0 saturated carbocycles. The van der Waals surface area contributed by atoms with Crippen molar-refractivity contribution in [1.29, 1.82) is 0 Å². The molecule has 0 unspecified atom stereocenters. The van der Waals surface area contributed by atoms with Crippen molar-refractivity contribution in [2.24, 2.45) is 10.9 Å². The highest BCUT2D eigenvalue weighted by Crippen LogP contribution is 1.88. The van der Waals surface area contributed by atoms with Crippen LogP contribution in [0.1, 0.15) is 5.56 Å². The summed E-state index contributed by atoms with van der Waals surface area (Å²) in [7, 11) is 0. The van der Waals surface area contributed by atoms with E-state index in [9.17, 15) is 4.79 Å². The third-order valence-electron chi connectivity index (χ3n) is 1.43. The average Bonchev–Trinajstić information content (AvgIpc) is 2.04. The van der Waals surface area contributed by atoms with Gasteiger partial charge in [0.1, 0.15) is 0 Å². The van der Waals surface area contributed by atoms with Gasteiger partial charge in [0.15, 0.2) is 12.4 Å². The van der Waals surface area contributed by atoms with E-state index in [2.05, 4.69) is 5.16 Å². The van der Waals surface area contributed by atoms with Gasteiger partial charge < -0.3 is 34.9 Å². The topological polar surface area (TPSA) is 79.6 Å². The molecular formula is C8H10IN3O2. The second-order valence-electron chi connectivity index (χ2n) is 2.52. The molecule has 76 valence electrons. The number of nitrogens with zero attached hydrogens (tertiary/aromatic N) is 2. The number of pyridine rings is 1. The lowest BCUT2D eigenvalue weighted by molar-refractivity contribution is -0.684. The van der Waals surface area contributed by atoms with E-state index in [0.29, 0.717) is 5.56 Å². The number of rotatable bonds is 3. The van der Waals surface area contributed by atoms with E-state index < -0.39 is 5.91 Å². The second-order valence-corrected chi connectivity index (χ2v) is 2.52. The van der Waals surface area contributed by atoms with Crippen LogP contribution in [0.4, 0.5) is 0 Å². The summed E-state index contributed by atoms with van der Waals surface area (Å²) >= 11 is 0. The Morgan fingerprint density at radius 1 is 1.71 bits per heavy atom. The average molecular weight is 307 g/mol. The summed E-state index contributed by atoms with van der Waals surface area (Å²) < 4.78 is 1.61. The fourth-order valence-electron chi connectivity index (χ4n) is 0.964. The van der Waals surface area contributed by atoms with Crippen LogP contribution in [0.3, 0.4) is 0 Å². The Kier molecular flexibility index (Phi) is 5.77. The minimum atomic E-state index is -0.414. The molecule has 0 aliphatic rings. The van der Waals surface area contributed by atoms with Crippen LogP contribution in [0.2, 0.25) is 0 Å². The quantitative estimate of drug-likeness (QED) is 0.198. The first-order valence-corrected chi connectivity index (χ1v) is 3.67. The molecule has 0 atom stereocenters. The molecule has 1 rings (SSSR count). The third-order valence-corrected chi connectivity index (χ3v) is 1.43. The van der Waals surface area contributed by atoms with Gasteiger partial charge in [-0.05, 0) is 6.07 Å². The number of nitrogens with two attached hydrogens (primary N) is 1. The van der Waals surface area contributed by atoms with Gasteiger partial charge in [-0.15, -0.1) is 0 Å². The van der Waals surface area contributed by atoms with Crippen molar-refractivity contribution < 1.29 is 38.5 Å². The standard InChI is InChI=1S/C8H9N3O2.HI/c9-8(12)6-11-3-1-2-7(5-11)4-10-13;/h1-5H,6H2,(H2-,9,12,13);1H/b10-4+;. The maximum Gasteiger partial charge on any atom is 0.283 e. The molecule has 0 aliphatic heterocycles. The van der Waals surface area contributed by atoms with Crippen LogP contribution in [0.5, 0.6) is 0 Å². The van der Waals surface area contributed by atoms with Crippen LogP contribution in [-0.4, -0.2) is 17.3 Å². The van der Waals surface area contributed by atoms with Crippen molar-refractivity contribution in [3.8, 4) is 0 Å². The van der Waals surface area contributed by atoms with E-state index in [1.165, 1.54) is 6.21 Å². The molecule has 5 nitrogen and oxygen atoms in total. The summed E-state index contributed by atoms with van der Waals surface area (Å²) in [4.78, 5) is 10.6. The van der Waals surface area contributed by atoms with Crippen LogP contribution in [0, 0.1) is 0 Å². The lowest BCUT2D eigenvalue weighted by Crippen LogP contribution is -3.00. The highest BCUT2D eigenvalue weighted by molar-refractivity contribution is 5.78. The molecule has 14 heavy (non-hydrogen) atoms. The van der Waals surface area contributed by atoms with Crippen molar-refractivity contribution in [2.75, 3.05) is 0 Å². The minimum absolute atomic E-state index is 0. The Labute approximate surface area is 98.2 Å². The minimum Gasteiger partial charge on any atom is -1.00 e. The largest absolute Gasteiger partial charge is 1.00 e. The Morgan fingerprint density at radius 3 is 3.00 bits per heavy atom. The summed E-state index contributed by atoms with van der Waals surface area (Å²) in [6.45, 7) is 0.118. The lowest BCUT2D eigenvalue weighted by Gasteiger charge is -1.93. The number of carbonyl (C=O) groups is 1. The zero-order valence-electron chi connectivity index (χ0n) is 7.30. The highest BCUT2D eigenvalue weighted by Gasteiger charge is 2.04. The zero-order valence-corrected chi connectivity index (χ0v) is 9.46. The molecule has 1 amide bonds. The summed E-state index contributed by atoms with van der Waals surface area (Å²) in [5, 5.41) is 11.1. The molecule has 0 saturated heterocycles. The van der Waals surface area contributed by atoms with Gasteiger partial charge in [-0.3, -0.25) is 4.79 Å². The number of hydrogen-bond acceptors (Lipinski definition) is 3. The lowest BCUT2D eigenvalue weighted by atomic mass is 10.3. The zero-order chi connectivity index (χ0) is 9.68. The van der Waals surface area contributed by atoms with E-state index in [1.807, 2.05) is 0 Å². The summed E-state index contributed by atoms with van der Waals surface area (Å²) in [6.07, 6.45) is 4.64. The molecule has 0 aromatic carbocycles. The number of aromatic nitrogens is 1. The molecule has 1 heterocycles. The van der Waals surface area contributed by atoms with E-state index in [1.54, 1.807) is 29.1 Å². The molecule has 0 bridgehead atoms. The number of carbonyl (C=O) groups excluding carboxylic acids is 1. The molecule has 0 fully saturated rings. The molecule has 0 radical (unpaired) electrons. The Balaban J connectivity index is 0.00000169. The van der Waals surface area contributed by atoms with Gasteiger partial charge in [0, 0.05) is 6.07 Å². The van der Waals surface area contributed by atoms with Gasteiger partial charge in [0.05, 0.1) is 11.8 Å². The predicted molar refractivity (Wildman–Crippen MR) is 45.2 cm³/mol. The molecule has 0 aliphatic carbocycles. The van der Waals surface area contributed by atoms with Crippen molar-refractivity contribution in [3.63, 3.8) is 0 Å². The summed E-state index contributed by atoms with van der Waals surface area (Å²) in [5.41, 5.74) is 5.71. The van der Waals surface area contributed by atoms with Crippen molar-refractivity contribution in [1.82, 2.24) is 0 Å². The molecule has 3 N–H and O–H groups in total. The third kappa shape index (κ3) is 4.17. The van der Waals surface area contributed by atoms with Crippen LogP contribution < -0.4 is 34.3 Å². The van der Waals surface area contributed by atoms with Crippen LogP contribution in [0.25, 0.3) is 0 Å². The van der Waals surface area contributed by atoms with Crippen LogP contribution in [-0.2, 0) is 11.3 Å². The molecule has 1 aromatic heterocycles. The van der Waals surface area contributed by atoms with E-state index >= 15 is 0 Å². The van der Waals surface area contributed by atoms with E-state index in [0.717, 1.165) is 0 Å². The van der Waals surface area contributed by atoms with Crippen LogP contribution in [0.15, 0.2) is 29.7 Å². The van der Waals surface area contributed by atoms with Gasteiger partial charge in [-0.1, -0.05) is 5.16 Å². The van der Waals surface area contributed by atoms with Crippen molar-refractivity contribution in [3.05, 3.63) is 30.1 Å². The number of amides is 1. The maximum atomic E-state index is 10.6. The second kappa shape index (κ2) is 6.30. The first kappa shape index (κ1) is 12.8. The molecule has 0 spiro atoms.